The maximum atomic E-state index is 12.0. The molecule has 0 aliphatic heterocycles. The largest absolute Gasteiger partial charge is 0.481 e. The Morgan fingerprint density at radius 3 is 2.62 bits per heavy atom. The molecular weight excluding hydrogens is 390 g/mol. The molecule has 5 nitrogen and oxygen atoms in total. The van der Waals surface area contributed by atoms with E-state index in [1.54, 1.807) is 19.1 Å². The van der Waals surface area contributed by atoms with Crippen molar-refractivity contribution in [2.75, 3.05) is 0 Å². The van der Waals surface area contributed by atoms with Crippen LogP contribution in [0.2, 0.25) is 0 Å². The Kier molecular flexibility index (Phi) is 7.02. The molecule has 3 N–H and O–H groups in total. The summed E-state index contributed by atoms with van der Waals surface area (Å²) in [7, 11) is 0. The summed E-state index contributed by atoms with van der Waals surface area (Å²) in [5, 5.41) is 3.34. The van der Waals surface area contributed by atoms with Gasteiger partial charge in [-0.15, -0.1) is 0 Å². The van der Waals surface area contributed by atoms with Gasteiger partial charge in [-0.3, -0.25) is 15.6 Å². The summed E-state index contributed by atoms with van der Waals surface area (Å²) in [5.41, 5.74) is 6.28. The molecule has 0 saturated heterocycles. The van der Waals surface area contributed by atoms with Crippen LogP contribution < -0.4 is 20.9 Å². The highest BCUT2D eigenvalue weighted by molar-refractivity contribution is 9.10. The summed E-state index contributed by atoms with van der Waals surface area (Å²) in [6, 6.07) is 17.1. The fourth-order valence-electron chi connectivity index (χ4n) is 1.84. The highest BCUT2D eigenvalue weighted by Gasteiger charge is 2.14. The molecule has 126 valence electrons. The smallest absolute Gasteiger partial charge is 0.279 e. The number of carbonyl (C=O) groups excluding carboxylic acids is 1. The van der Waals surface area contributed by atoms with Crippen molar-refractivity contribution in [1.29, 1.82) is 0 Å². The van der Waals surface area contributed by atoms with E-state index in [4.69, 9.17) is 17.0 Å². The number of thiocarbonyl (C=S) groups is 1. The number of rotatable bonds is 5. The van der Waals surface area contributed by atoms with E-state index in [0.717, 1.165) is 10.0 Å². The number of halogens is 1. The molecule has 0 bridgehead atoms. The first kappa shape index (κ1) is 18.2. The van der Waals surface area contributed by atoms with Gasteiger partial charge in [0.25, 0.3) is 5.91 Å². The topological polar surface area (TPSA) is 62.4 Å². The van der Waals surface area contributed by atoms with Crippen molar-refractivity contribution >= 4 is 39.2 Å². The lowest BCUT2D eigenvalue weighted by Gasteiger charge is -2.16. The van der Waals surface area contributed by atoms with Crippen molar-refractivity contribution in [2.24, 2.45) is 0 Å². The van der Waals surface area contributed by atoms with Gasteiger partial charge in [0, 0.05) is 11.0 Å². The van der Waals surface area contributed by atoms with Gasteiger partial charge in [-0.25, -0.2) is 0 Å². The van der Waals surface area contributed by atoms with Crippen LogP contribution in [-0.2, 0) is 11.3 Å². The Balaban J connectivity index is 1.72. The molecule has 2 aromatic rings. The predicted octanol–water partition coefficient (Wildman–Crippen LogP) is 2.91. The highest BCUT2D eigenvalue weighted by Crippen LogP contribution is 2.18. The van der Waals surface area contributed by atoms with Crippen LogP contribution in [0.4, 0.5) is 0 Å². The summed E-state index contributed by atoms with van der Waals surface area (Å²) in [6.07, 6.45) is -0.663. The summed E-state index contributed by atoms with van der Waals surface area (Å²) in [6.45, 7) is 2.24. The quantitative estimate of drug-likeness (QED) is 0.525. The fraction of sp³-hybridized carbons (Fsp3) is 0.176. The number of hydrogen-bond acceptors (Lipinski definition) is 3. The molecule has 2 rings (SSSR count). The summed E-state index contributed by atoms with van der Waals surface area (Å²) in [5.74, 6) is 0.288. The molecular formula is C17H18BrN3O2S. The Morgan fingerprint density at radius 2 is 1.92 bits per heavy atom. The normalized spacial score (nSPS) is 11.2. The van der Waals surface area contributed by atoms with Gasteiger partial charge in [-0.1, -0.05) is 52.3 Å². The predicted molar refractivity (Wildman–Crippen MR) is 101 cm³/mol. The van der Waals surface area contributed by atoms with E-state index in [-0.39, 0.29) is 5.91 Å². The van der Waals surface area contributed by atoms with Crippen molar-refractivity contribution in [3.8, 4) is 5.75 Å². The average Bonchev–Trinajstić information content (AvgIpc) is 2.58. The zero-order valence-corrected chi connectivity index (χ0v) is 15.5. The number of amides is 1. The number of benzene rings is 2. The van der Waals surface area contributed by atoms with E-state index < -0.39 is 6.10 Å². The monoisotopic (exact) mass is 407 g/mol. The van der Waals surface area contributed by atoms with Gasteiger partial charge in [0.2, 0.25) is 0 Å². The van der Waals surface area contributed by atoms with Gasteiger partial charge >= 0.3 is 0 Å². The van der Waals surface area contributed by atoms with Crippen LogP contribution in [0.15, 0.2) is 59.1 Å². The molecule has 1 atom stereocenters. The second-order valence-electron chi connectivity index (χ2n) is 5.00. The van der Waals surface area contributed by atoms with E-state index in [0.29, 0.717) is 17.4 Å². The van der Waals surface area contributed by atoms with Crippen LogP contribution in [0.5, 0.6) is 5.75 Å². The third-order valence-electron chi connectivity index (χ3n) is 3.07. The van der Waals surface area contributed by atoms with Crippen LogP contribution in [0.1, 0.15) is 12.5 Å². The molecule has 7 heteroatoms. The zero-order valence-electron chi connectivity index (χ0n) is 13.1. The average molecular weight is 408 g/mol. The second-order valence-corrected chi connectivity index (χ2v) is 6.32. The van der Waals surface area contributed by atoms with Crippen molar-refractivity contribution < 1.29 is 9.53 Å². The lowest BCUT2D eigenvalue weighted by Crippen LogP contribution is -2.50. The van der Waals surface area contributed by atoms with Crippen LogP contribution in [-0.4, -0.2) is 17.1 Å². The van der Waals surface area contributed by atoms with Gasteiger partial charge < -0.3 is 10.1 Å². The summed E-state index contributed by atoms with van der Waals surface area (Å²) in [4.78, 5) is 12.0. The lowest BCUT2D eigenvalue weighted by atomic mass is 10.2. The number of hydrazine groups is 1. The van der Waals surface area contributed by atoms with Gasteiger partial charge in [0.05, 0.1) is 0 Å². The van der Waals surface area contributed by atoms with E-state index >= 15 is 0 Å². The Labute approximate surface area is 154 Å². The van der Waals surface area contributed by atoms with Crippen molar-refractivity contribution in [3.05, 3.63) is 64.6 Å². The van der Waals surface area contributed by atoms with Crippen molar-refractivity contribution in [3.63, 3.8) is 0 Å². The summed E-state index contributed by atoms with van der Waals surface area (Å²) >= 11 is 8.48. The van der Waals surface area contributed by atoms with Gasteiger partial charge in [0.15, 0.2) is 11.2 Å². The summed E-state index contributed by atoms with van der Waals surface area (Å²) < 4.78 is 6.46. The molecule has 24 heavy (non-hydrogen) atoms. The standard InChI is InChI=1S/C17H18BrN3O2S/c1-12(23-15-9-5-8-14(18)10-15)16(22)20-21-17(24)19-11-13-6-3-2-4-7-13/h2-10,12H,11H2,1H3,(H,20,22)(H2,19,21,24)/t12-/m0/s1. The first-order chi connectivity index (χ1) is 11.5. The molecule has 1 amide bonds. The minimum absolute atomic E-state index is 0.321. The zero-order chi connectivity index (χ0) is 17.4. The van der Waals surface area contributed by atoms with Crippen molar-refractivity contribution in [2.45, 2.75) is 19.6 Å². The third-order valence-corrected chi connectivity index (χ3v) is 3.81. The van der Waals surface area contributed by atoms with Crippen LogP contribution in [0.25, 0.3) is 0 Å². The molecule has 0 aliphatic rings. The van der Waals surface area contributed by atoms with Crippen LogP contribution in [0, 0.1) is 0 Å². The molecule has 0 spiro atoms. The maximum Gasteiger partial charge on any atom is 0.279 e. The van der Waals surface area contributed by atoms with Gasteiger partial charge in [0.1, 0.15) is 5.75 Å². The highest BCUT2D eigenvalue weighted by atomic mass is 79.9. The van der Waals surface area contributed by atoms with Crippen LogP contribution >= 0.6 is 28.1 Å². The molecule has 0 aliphatic carbocycles. The number of nitrogens with one attached hydrogen (secondary N) is 3. The van der Waals surface area contributed by atoms with Gasteiger partial charge in [-0.05, 0) is 42.9 Å². The fourth-order valence-corrected chi connectivity index (χ4v) is 2.34. The number of hydrogen-bond donors (Lipinski definition) is 3. The van der Waals surface area contributed by atoms with E-state index in [2.05, 4.69) is 32.1 Å². The molecule has 0 unspecified atom stereocenters. The minimum Gasteiger partial charge on any atom is -0.481 e. The van der Waals surface area contributed by atoms with E-state index in [1.807, 2.05) is 42.5 Å². The Bertz CT molecular complexity index is 697. The maximum absolute atomic E-state index is 12.0. The SMILES string of the molecule is C[C@H](Oc1cccc(Br)c1)C(=O)NNC(=S)NCc1ccccc1. The first-order valence-electron chi connectivity index (χ1n) is 7.34. The van der Waals surface area contributed by atoms with E-state index in [9.17, 15) is 4.79 Å². The molecule has 0 heterocycles. The lowest BCUT2D eigenvalue weighted by molar-refractivity contribution is -0.127. The molecule has 0 radical (unpaired) electrons. The van der Waals surface area contributed by atoms with Crippen molar-refractivity contribution in [1.82, 2.24) is 16.2 Å². The first-order valence-corrected chi connectivity index (χ1v) is 8.54. The molecule has 0 aromatic heterocycles. The number of carbonyl (C=O) groups is 1. The molecule has 2 aromatic carbocycles. The third kappa shape index (κ3) is 6.17. The van der Waals surface area contributed by atoms with Gasteiger partial charge in [-0.2, -0.15) is 0 Å². The number of ether oxygens (including phenoxy) is 1. The van der Waals surface area contributed by atoms with E-state index in [1.165, 1.54) is 0 Å². The Morgan fingerprint density at radius 1 is 1.17 bits per heavy atom. The molecule has 0 saturated carbocycles. The minimum atomic E-state index is -0.663. The van der Waals surface area contributed by atoms with Crippen LogP contribution in [0.3, 0.4) is 0 Å². The molecule has 0 fully saturated rings. The Hall–Kier alpha value is -2.12. The second kappa shape index (κ2) is 9.24.